The summed E-state index contributed by atoms with van der Waals surface area (Å²) in [7, 11) is 1.47. The molecule has 3 aromatic rings. The summed E-state index contributed by atoms with van der Waals surface area (Å²) in [5.41, 5.74) is 1.47. The normalized spacial score (nSPS) is 11.6. The van der Waals surface area contributed by atoms with E-state index in [1.807, 2.05) is 0 Å². The summed E-state index contributed by atoms with van der Waals surface area (Å²) in [5, 5.41) is 3.82. The number of pyridine rings is 1. The van der Waals surface area contributed by atoms with Gasteiger partial charge in [-0.1, -0.05) is 0 Å². The van der Waals surface area contributed by atoms with Crippen molar-refractivity contribution in [1.82, 2.24) is 10.4 Å². The molecule has 0 bridgehead atoms. The topological polar surface area (TPSA) is 97.7 Å². The third kappa shape index (κ3) is 2.59. The molecule has 0 aliphatic heterocycles. The molecule has 0 aliphatic carbocycles. The van der Waals surface area contributed by atoms with Gasteiger partial charge in [0.05, 0.1) is 7.11 Å². The summed E-state index contributed by atoms with van der Waals surface area (Å²) in [6.45, 7) is 0. The minimum atomic E-state index is -0.543. The first-order chi connectivity index (χ1) is 11.1. The smallest absolute Gasteiger partial charge is 0.271 e. The molecule has 7 heteroatoms. The van der Waals surface area contributed by atoms with E-state index in [4.69, 9.17) is 4.74 Å². The molecule has 1 amide bonds. The number of ether oxygens (including phenoxy) is 1. The molecule has 0 saturated carbocycles. The fourth-order valence-electron chi connectivity index (χ4n) is 2.17. The van der Waals surface area contributed by atoms with Crippen molar-refractivity contribution < 1.29 is 9.53 Å². The number of nitrogens with one attached hydrogen (secondary N) is 1. The quantitative estimate of drug-likeness (QED) is 0.691. The second kappa shape index (κ2) is 5.80. The minimum absolute atomic E-state index is 0.214. The van der Waals surface area contributed by atoms with E-state index in [-0.39, 0.29) is 16.1 Å². The fraction of sp³-hybridized carbons (Fsp3) is 0.0625. The number of benzene rings is 1. The molecule has 0 saturated heterocycles. The Kier molecular flexibility index (Phi) is 3.68. The first kappa shape index (κ1) is 14.6. The summed E-state index contributed by atoms with van der Waals surface area (Å²) in [5.74, 6) is -0.0685. The Balaban J connectivity index is 2.05. The van der Waals surface area contributed by atoms with Crippen molar-refractivity contribution >= 4 is 16.7 Å². The van der Waals surface area contributed by atoms with Crippen molar-refractivity contribution in [1.29, 1.82) is 0 Å². The van der Waals surface area contributed by atoms with E-state index in [1.54, 1.807) is 6.07 Å². The lowest BCUT2D eigenvalue weighted by Crippen LogP contribution is -2.35. The van der Waals surface area contributed by atoms with Crippen LogP contribution in [0.2, 0.25) is 0 Å². The zero-order chi connectivity index (χ0) is 16.4. The number of fused-ring (bicyclic) bond motifs is 1. The Morgan fingerprint density at radius 3 is 2.48 bits per heavy atom. The highest BCUT2D eigenvalue weighted by molar-refractivity contribution is 5.93. The van der Waals surface area contributed by atoms with Crippen LogP contribution in [0.15, 0.2) is 57.4 Å². The van der Waals surface area contributed by atoms with Crippen molar-refractivity contribution in [2.45, 2.75) is 0 Å². The largest absolute Gasteiger partial charge is 0.497 e. The Hall–Kier alpha value is -3.35. The van der Waals surface area contributed by atoms with Crippen LogP contribution in [0.25, 0.3) is 10.8 Å². The number of carbonyl (C=O) groups excluding carboxylic acids is 1. The summed E-state index contributed by atoms with van der Waals surface area (Å²) < 4.78 is 5.04. The minimum Gasteiger partial charge on any atom is -0.497 e. The Morgan fingerprint density at radius 2 is 1.78 bits per heavy atom. The molecule has 0 aliphatic rings. The molecule has 23 heavy (non-hydrogen) atoms. The van der Waals surface area contributed by atoms with Crippen LogP contribution in [0.3, 0.4) is 0 Å². The first-order valence-electron chi connectivity index (χ1n) is 6.67. The van der Waals surface area contributed by atoms with Crippen LogP contribution in [0.5, 0.6) is 5.75 Å². The average Bonchev–Trinajstić information content (AvgIpc) is 2.84. The van der Waals surface area contributed by atoms with E-state index in [9.17, 15) is 14.4 Å². The lowest BCUT2D eigenvalue weighted by Gasteiger charge is -1.96. The zero-order valence-electron chi connectivity index (χ0n) is 12.1. The molecular formula is C16H11N3O4. The highest BCUT2D eigenvalue weighted by atomic mass is 16.5. The summed E-state index contributed by atoms with van der Waals surface area (Å²) in [4.78, 5) is 40.2. The highest BCUT2D eigenvalue weighted by Gasteiger charge is 2.12. The number of amides is 1. The van der Waals surface area contributed by atoms with E-state index >= 15 is 0 Å². The van der Waals surface area contributed by atoms with Crippen LogP contribution in [-0.2, 0) is 0 Å². The molecule has 2 aromatic carbocycles. The molecule has 0 spiro atoms. The van der Waals surface area contributed by atoms with Gasteiger partial charge in [0.2, 0.25) is 10.9 Å². The van der Waals surface area contributed by atoms with Crippen LogP contribution in [-0.4, -0.2) is 18.0 Å². The maximum atomic E-state index is 12.3. The molecule has 1 N–H and O–H groups in total. The molecule has 7 nitrogen and oxygen atoms in total. The third-order valence-electron chi connectivity index (χ3n) is 3.36. The van der Waals surface area contributed by atoms with Crippen molar-refractivity contribution in [3.8, 4) is 5.75 Å². The van der Waals surface area contributed by atoms with Gasteiger partial charge in [-0.2, -0.15) is 5.10 Å². The van der Waals surface area contributed by atoms with Gasteiger partial charge in [0.1, 0.15) is 5.75 Å². The monoisotopic (exact) mass is 309 g/mol. The predicted molar refractivity (Wildman–Crippen MR) is 82.7 cm³/mol. The number of aromatic nitrogens is 1. The van der Waals surface area contributed by atoms with Gasteiger partial charge in [-0.3, -0.25) is 19.4 Å². The third-order valence-corrected chi connectivity index (χ3v) is 3.36. The number of hydrogen-bond acceptors (Lipinski definition) is 6. The second-order valence-electron chi connectivity index (χ2n) is 4.71. The van der Waals surface area contributed by atoms with Crippen molar-refractivity contribution in [2.24, 2.45) is 5.10 Å². The molecule has 0 fully saturated rings. The van der Waals surface area contributed by atoms with Crippen LogP contribution in [0.1, 0.15) is 10.4 Å². The molecular weight excluding hydrogens is 298 g/mol. The van der Waals surface area contributed by atoms with E-state index in [1.165, 1.54) is 43.8 Å². The van der Waals surface area contributed by atoms with Gasteiger partial charge in [-0.05, 0) is 30.3 Å². The van der Waals surface area contributed by atoms with E-state index in [0.29, 0.717) is 11.3 Å². The van der Waals surface area contributed by atoms with Gasteiger partial charge in [0.15, 0.2) is 5.36 Å². The van der Waals surface area contributed by atoms with E-state index < -0.39 is 16.8 Å². The van der Waals surface area contributed by atoms with Crippen molar-refractivity contribution in [3.63, 3.8) is 0 Å². The lowest BCUT2D eigenvalue weighted by atomic mass is 10.2. The molecule has 1 aromatic heterocycles. The van der Waals surface area contributed by atoms with Crippen LogP contribution in [0.4, 0.5) is 0 Å². The molecule has 1 heterocycles. The highest BCUT2D eigenvalue weighted by Crippen LogP contribution is 2.14. The number of methoxy groups -OCH3 is 1. The molecule has 0 radical (unpaired) electrons. The van der Waals surface area contributed by atoms with Crippen LogP contribution < -0.4 is 26.4 Å². The lowest BCUT2D eigenvalue weighted by molar-refractivity contribution is 0.0953. The number of rotatable bonds is 3. The maximum absolute atomic E-state index is 12.3. The zero-order valence-corrected chi connectivity index (χ0v) is 12.1. The average molecular weight is 309 g/mol. The molecule has 0 atom stereocenters. The number of carbonyl (C=O) groups is 1. The first-order valence-corrected chi connectivity index (χ1v) is 6.67. The summed E-state index contributed by atoms with van der Waals surface area (Å²) >= 11 is 0. The van der Waals surface area contributed by atoms with Crippen LogP contribution in [0, 0.1) is 0 Å². The van der Waals surface area contributed by atoms with Gasteiger partial charge in [0, 0.05) is 28.7 Å². The number of nitrogens with zero attached hydrogens (tertiary/aromatic N) is 2. The van der Waals surface area contributed by atoms with E-state index in [0.717, 1.165) is 0 Å². The standard InChI is InChI=1S/C16H11N3O4/c1-23-10-2-3-11-12(8-10)15(21)13(14(11)20)18-19-16(22)9-4-6-17-7-5-9/h2-8H,1H3,(H,19,22). The maximum Gasteiger partial charge on any atom is 0.271 e. The van der Waals surface area contributed by atoms with E-state index in [2.05, 4.69) is 15.5 Å². The van der Waals surface area contributed by atoms with Gasteiger partial charge >= 0.3 is 0 Å². The molecule has 3 rings (SSSR count). The molecule has 114 valence electrons. The van der Waals surface area contributed by atoms with Gasteiger partial charge in [0.25, 0.3) is 5.91 Å². The Morgan fingerprint density at radius 1 is 1.09 bits per heavy atom. The Bertz CT molecular complexity index is 1030. The number of hydrogen-bond donors (Lipinski definition) is 1. The summed E-state index contributed by atoms with van der Waals surface area (Å²) in [6, 6.07) is 7.55. The van der Waals surface area contributed by atoms with Gasteiger partial charge in [-0.15, -0.1) is 0 Å². The Labute approximate surface area is 129 Å². The van der Waals surface area contributed by atoms with Gasteiger partial charge in [-0.25, -0.2) is 5.43 Å². The molecule has 0 unspecified atom stereocenters. The van der Waals surface area contributed by atoms with Crippen LogP contribution >= 0.6 is 0 Å². The van der Waals surface area contributed by atoms with Gasteiger partial charge < -0.3 is 4.74 Å². The summed E-state index contributed by atoms with van der Waals surface area (Å²) in [6.07, 6.45) is 2.91. The predicted octanol–water partition coefficient (Wildman–Crippen LogP) is 0.0851. The van der Waals surface area contributed by atoms with Crippen molar-refractivity contribution in [2.75, 3.05) is 7.11 Å². The SMILES string of the molecule is COc1ccc2c(=O)c(=NNC(=O)c3ccncc3)c(=O)c2c1. The second-order valence-corrected chi connectivity index (χ2v) is 4.71. The fourth-order valence-corrected chi connectivity index (χ4v) is 2.17. The van der Waals surface area contributed by atoms with Crippen molar-refractivity contribution in [3.05, 3.63) is 74.1 Å².